The number of aromatic nitrogens is 4. The minimum absolute atomic E-state index is 0.152. The largest absolute Gasteiger partial charge is 0.347 e. The van der Waals surface area contributed by atoms with Crippen molar-refractivity contribution in [2.45, 2.75) is 25.4 Å². The quantitative estimate of drug-likeness (QED) is 0.760. The van der Waals surface area contributed by atoms with E-state index in [0.717, 1.165) is 37.1 Å². The fraction of sp³-hybridized carbons (Fsp3) is 0.353. The van der Waals surface area contributed by atoms with Gasteiger partial charge in [0.2, 0.25) is 0 Å². The summed E-state index contributed by atoms with van der Waals surface area (Å²) in [4.78, 5) is 16.6. The number of rotatable bonds is 4. The monoisotopic (exact) mass is 324 g/mol. The minimum atomic E-state index is -0.152. The Labute approximate surface area is 139 Å². The van der Waals surface area contributed by atoms with Crippen molar-refractivity contribution >= 4 is 11.6 Å². The van der Waals surface area contributed by atoms with Gasteiger partial charge >= 0.3 is 0 Å². The normalized spacial score (nSPS) is 17.9. The van der Waals surface area contributed by atoms with Crippen LogP contribution in [-0.2, 0) is 6.54 Å². The minimum Gasteiger partial charge on any atom is -0.347 e. The van der Waals surface area contributed by atoms with Crippen LogP contribution in [0.2, 0.25) is 0 Å². The highest BCUT2D eigenvalue weighted by molar-refractivity contribution is 5.92. The summed E-state index contributed by atoms with van der Waals surface area (Å²) in [5, 5.41) is 10.7. The predicted molar refractivity (Wildman–Crippen MR) is 89.7 cm³/mol. The van der Waals surface area contributed by atoms with E-state index in [1.54, 1.807) is 12.3 Å². The molecule has 2 N–H and O–H groups in total. The van der Waals surface area contributed by atoms with Gasteiger partial charge in [-0.15, -0.1) is 0 Å². The van der Waals surface area contributed by atoms with Gasteiger partial charge in [-0.2, -0.15) is 5.10 Å². The van der Waals surface area contributed by atoms with Crippen LogP contribution in [-0.4, -0.2) is 38.2 Å². The highest BCUT2D eigenvalue weighted by atomic mass is 16.1. The van der Waals surface area contributed by atoms with Crippen molar-refractivity contribution in [1.29, 1.82) is 0 Å². The van der Waals surface area contributed by atoms with E-state index in [4.69, 9.17) is 0 Å². The highest BCUT2D eigenvalue weighted by Crippen LogP contribution is 2.15. The predicted octanol–water partition coefficient (Wildman–Crippen LogP) is 1.39. The first kappa shape index (κ1) is 14.9. The molecule has 1 amide bonds. The Morgan fingerprint density at radius 1 is 1.33 bits per heavy atom. The summed E-state index contributed by atoms with van der Waals surface area (Å²) < 4.78 is 3.84. The zero-order valence-electron chi connectivity index (χ0n) is 13.4. The van der Waals surface area contributed by atoms with Crippen LogP contribution in [0.15, 0.2) is 43.0 Å². The second kappa shape index (κ2) is 6.45. The number of carbonyl (C=O) groups is 1. The molecule has 0 spiro atoms. The van der Waals surface area contributed by atoms with Gasteiger partial charge in [-0.05, 0) is 43.1 Å². The maximum Gasteiger partial charge on any atom is 0.272 e. The van der Waals surface area contributed by atoms with Gasteiger partial charge in [-0.1, -0.05) is 0 Å². The van der Waals surface area contributed by atoms with Crippen LogP contribution in [0.5, 0.6) is 0 Å². The molecule has 0 saturated carbocycles. The van der Waals surface area contributed by atoms with Gasteiger partial charge < -0.3 is 15.0 Å². The lowest BCUT2D eigenvalue weighted by Gasteiger charge is -2.22. The molecule has 0 aliphatic carbocycles. The van der Waals surface area contributed by atoms with Gasteiger partial charge in [0.1, 0.15) is 11.3 Å². The molecule has 1 unspecified atom stereocenters. The van der Waals surface area contributed by atoms with Gasteiger partial charge in [0.15, 0.2) is 0 Å². The van der Waals surface area contributed by atoms with Crippen LogP contribution < -0.4 is 10.6 Å². The molecule has 124 valence electrons. The fourth-order valence-corrected chi connectivity index (χ4v) is 3.06. The smallest absolute Gasteiger partial charge is 0.272 e. The van der Waals surface area contributed by atoms with Gasteiger partial charge in [0.05, 0.1) is 6.04 Å². The number of piperidine rings is 1. The molecule has 1 saturated heterocycles. The molecule has 4 heterocycles. The van der Waals surface area contributed by atoms with Crippen LogP contribution in [0.25, 0.3) is 5.65 Å². The number of fused-ring (bicyclic) bond motifs is 1. The number of nitrogens with one attached hydrogen (secondary N) is 2. The standard InChI is InChI=1S/C17H20N6O/c24-17(15-4-8-23(21-15)14-2-1-5-18-12-14)20-11-13-3-7-22-9-6-19-16(22)10-13/h3-4,6-10,14,18H,1-2,5,11-12H2,(H,20,24). The van der Waals surface area contributed by atoms with Gasteiger partial charge in [0, 0.05) is 37.9 Å². The molecule has 7 heteroatoms. The SMILES string of the molecule is O=C(NCc1ccn2ccnc2c1)c1ccn(C2CCCNC2)n1. The van der Waals surface area contributed by atoms with Crippen LogP contribution in [0.4, 0.5) is 0 Å². The molecule has 0 bridgehead atoms. The molecule has 1 atom stereocenters. The maximum atomic E-state index is 12.3. The molecule has 1 fully saturated rings. The molecular formula is C17H20N6O. The van der Waals surface area contributed by atoms with E-state index in [2.05, 4.69) is 20.7 Å². The summed E-state index contributed by atoms with van der Waals surface area (Å²) in [6, 6.07) is 6.05. The molecular weight excluding hydrogens is 304 g/mol. The summed E-state index contributed by atoms with van der Waals surface area (Å²) in [5.41, 5.74) is 2.34. The summed E-state index contributed by atoms with van der Waals surface area (Å²) in [7, 11) is 0. The van der Waals surface area contributed by atoms with Crippen LogP contribution in [0, 0.1) is 0 Å². The maximum absolute atomic E-state index is 12.3. The van der Waals surface area contributed by atoms with Crippen molar-refractivity contribution in [3.63, 3.8) is 0 Å². The van der Waals surface area contributed by atoms with Crippen molar-refractivity contribution < 1.29 is 4.79 Å². The molecule has 0 radical (unpaired) electrons. The molecule has 4 rings (SSSR count). The Morgan fingerprint density at radius 2 is 2.29 bits per heavy atom. The molecule has 3 aromatic rings. The second-order valence-electron chi connectivity index (χ2n) is 6.09. The first-order chi connectivity index (χ1) is 11.8. The first-order valence-corrected chi connectivity index (χ1v) is 8.25. The van der Waals surface area contributed by atoms with Gasteiger partial charge in [-0.25, -0.2) is 4.98 Å². The first-order valence-electron chi connectivity index (χ1n) is 8.25. The Hall–Kier alpha value is -2.67. The average molecular weight is 324 g/mol. The van der Waals surface area contributed by atoms with Crippen molar-refractivity contribution in [3.05, 3.63) is 54.2 Å². The lowest BCUT2D eigenvalue weighted by molar-refractivity contribution is 0.0944. The summed E-state index contributed by atoms with van der Waals surface area (Å²) in [5.74, 6) is -0.152. The van der Waals surface area contributed by atoms with Gasteiger partial charge in [-0.3, -0.25) is 9.48 Å². The Bertz CT molecular complexity index is 846. The van der Waals surface area contributed by atoms with Crippen LogP contribution in [0.1, 0.15) is 34.9 Å². The fourth-order valence-electron chi connectivity index (χ4n) is 3.06. The third-order valence-electron chi connectivity index (χ3n) is 4.40. The highest BCUT2D eigenvalue weighted by Gasteiger charge is 2.17. The Balaban J connectivity index is 1.39. The number of pyridine rings is 1. The molecule has 7 nitrogen and oxygen atoms in total. The Morgan fingerprint density at radius 3 is 3.17 bits per heavy atom. The number of nitrogens with zero attached hydrogens (tertiary/aromatic N) is 4. The topological polar surface area (TPSA) is 76.2 Å². The molecule has 1 aliphatic heterocycles. The van der Waals surface area contributed by atoms with E-state index in [-0.39, 0.29) is 5.91 Å². The number of hydrogen-bond acceptors (Lipinski definition) is 4. The third kappa shape index (κ3) is 3.03. The lowest BCUT2D eigenvalue weighted by Crippen LogP contribution is -2.32. The van der Waals surface area contributed by atoms with Crippen molar-refractivity contribution in [2.24, 2.45) is 0 Å². The molecule has 1 aliphatic rings. The van der Waals surface area contributed by atoms with Gasteiger partial charge in [0.25, 0.3) is 5.91 Å². The van der Waals surface area contributed by atoms with E-state index in [1.807, 2.05) is 39.8 Å². The molecule has 3 aromatic heterocycles. The summed E-state index contributed by atoms with van der Waals surface area (Å²) in [6.45, 7) is 2.43. The lowest BCUT2D eigenvalue weighted by atomic mass is 10.1. The van der Waals surface area contributed by atoms with Crippen LogP contribution >= 0.6 is 0 Å². The number of imidazole rings is 1. The number of carbonyl (C=O) groups excluding carboxylic acids is 1. The van der Waals surface area contributed by atoms with Crippen molar-refractivity contribution in [2.75, 3.05) is 13.1 Å². The van der Waals surface area contributed by atoms with E-state index >= 15 is 0 Å². The Kier molecular flexibility index (Phi) is 4.00. The average Bonchev–Trinajstić information content (AvgIpc) is 3.29. The zero-order valence-corrected chi connectivity index (χ0v) is 13.4. The van der Waals surface area contributed by atoms with E-state index in [1.165, 1.54) is 0 Å². The number of amides is 1. The van der Waals surface area contributed by atoms with E-state index in [9.17, 15) is 4.79 Å². The molecule has 24 heavy (non-hydrogen) atoms. The van der Waals surface area contributed by atoms with Crippen LogP contribution in [0.3, 0.4) is 0 Å². The second-order valence-corrected chi connectivity index (χ2v) is 6.09. The summed E-state index contributed by atoms with van der Waals surface area (Å²) in [6.07, 6.45) is 9.72. The van der Waals surface area contributed by atoms with Crippen molar-refractivity contribution in [1.82, 2.24) is 29.8 Å². The third-order valence-corrected chi connectivity index (χ3v) is 4.40. The van der Waals surface area contributed by atoms with E-state index in [0.29, 0.717) is 18.3 Å². The van der Waals surface area contributed by atoms with Crippen molar-refractivity contribution in [3.8, 4) is 0 Å². The molecule has 0 aromatic carbocycles. The summed E-state index contributed by atoms with van der Waals surface area (Å²) >= 11 is 0. The zero-order chi connectivity index (χ0) is 16.4. The number of hydrogen-bond donors (Lipinski definition) is 2. The van der Waals surface area contributed by atoms with E-state index < -0.39 is 0 Å².